The van der Waals surface area contributed by atoms with Crippen LogP contribution in [0, 0.1) is 0 Å². The number of benzene rings is 1. The Bertz CT molecular complexity index is 641. The van der Waals surface area contributed by atoms with Crippen molar-refractivity contribution in [1.82, 2.24) is 4.98 Å². The van der Waals surface area contributed by atoms with Crippen molar-refractivity contribution in [2.24, 2.45) is 0 Å². The summed E-state index contributed by atoms with van der Waals surface area (Å²) in [6.07, 6.45) is 4.56. The van der Waals surface area contributed by atoms with Gasteiger partial charge in [-0.3, -0.25) is 9.59 Å². The quantitative estimate of drug-likeness (QED) is 0.681. The fourth-order valence-corrected chi connectivity index (χ4v) is 1.57. The first-order valence-corrected chi connectivity index (χ1v) is 5.70. The number of allylic oxidation sites excluding steroid dienone is 1. The highest BCUT2D eigenvalue weighted by atomic mass is 35.5. The van der Waals surface area contributed by atoms with Crippen LogP contribution < -0.4 is 5.56 Å². The molecule has 0 bridgehead atoms. The second-order valence-corrected chi connectivity index (χ2v) is 4.13. The van der Waals surface area contributed by atoms with Gasteiger partial charge in [-0.15, -0.1) is 0 Å². The Morgan fingerprint density at radius 2 is 1.89 bits per heavy atom. The highest BCUT2D eigenvalue weighted by Gasteiger charge is 2.01. The third kappa shape index (κ3) is 3.18. The van der Waals surface area contributed by atoms with Crippen LogP contribution in [-0.4, -0.2) is 10.8 Å². The number of hydrogen-bond donors (Lipinski definition) is 1. The molecule has 1 N–H and O–H groups in total. The standard InChI is InChI=1S/C14H10ClNO2/c15-12-4-1-10(2-5-12)3-6-13(17)11-7-8-16-14(18)9-11/h1-9H,(H,16,18)/b6-3+. The van der Waals surface area contributed by atoms with Crippen molar-refractivity contribution in [3.8, 4) is 0 Å². The van der Waals surface area contributed by atoms with Crippen molar-refractivity contribution < 1.29 is 4.79 Å². The number of carbonyl (C=O) groups excluding carboxylic acids is 1. The molecule has 1 aromatic carbocycles. The van der Waals surface area contributed by atoms with Gasteiger partial charge >= 0.3 is 0 Å². The second kappa shape index (κ2) is 5.47. The van der Waals surface area contributed by atoms with Gasteiger partial charge in [0.05, 0.1) is 0 Å². The molecule has 0 spiro atoms. The molecule has 3 nitrogen and oxygen atoms in total. The molecule has 0 saturated heterocycles. The number of H-pyrrole nitrogens is 1. The Labute approximate surface area is 109 Å². The first-order chi connectivity index (χ1) is 8.65. The van der Waals surface area contributed by atoms with E-state index < -0.39 is 0 Å². The maximum absolute atomic E-state index is 11.8. The zero-order valence-corrected chi connectivity index (χ0v) is 10.1. The number of rotatable bonds is 3. The predicted octanol–water partition coefficient (Wildman–Crippen LogP) is 2.92. The van der Waals surface area contributed by atoms with Crippen LogP contribution >= 0.6 is 11.6 Å². The summed E-state index contributed by atoms with van der Waals surface area (Å²) in [4.78, 5) is 25.3. The lowest BCUT2D eigenvalue weighted by molar-refractivity contribution is 0.104. The molecule has 0 aliphatic heterocycles. The van der Waals surface area contributed by atoms with Gasteiger partial charge in [0.15, 0.2) is 5.78 Å². The van der Waals surface area contributed by atoms with Gasteiger partial charge in [-0.2, -0.15) is 0 Å². The summed E-state index contributed by atoms with van der Waals surface area (Å²) in [5.41, 5.74) is 0.947. The van der Waals surface area contributed by atoms with Crippen LogP contribution in [0.25, 0.3) is 6.08 Å². The van der Waals surface area contributed by atoms with Gasteiger partial charge in [0, 0.05) is 22.8 Å². The minimum Gasteiger partial charge on any atom is -0.329 e. The van der Waals surface area contributed by atoms with Crippen molar-refractivity contribution in [2.75, 3.05) is 0 Å². The molecular formula is C14H10ClNO2. The van der Waals surface area contributed by atoms with Crippen LogP contribution in [0.1, 0.15) is 15.9 Å². The van der Waals surface area contributed by atoms with Crippen LogP contribution in [0.5, 0.6) is 0 Å². The summed E-state index contributed by atoms with van der Waals surface area (Å²) in [5, 5.41) is 0.646. The summed E-state index contributed by atoms with van der Waals surface area (Å²) < 4.78 is 0. The van der Waals surface area contributed by atoms with Crippen LogP contribution in [-0.2, 0) is 0 Å². The van der Waals surface area contributed by atoms with E-state index in [0.29, 0.717) is 10.6 Å². The van der Waals surface area contributed by atoms with E-state index in [0.717, 1.165) is 5.56 Å². The van der Waals surface area contributed by atoms with Gasteiger partial charge in [-0.1, -0.05) is 29.8 Å². The molecule has 0 saturated carbocycles. The number of ketones is 1. The lowest BCUT2D eigenvalue weighted by Gasteiger charge is -1.95. The third-order valence-electron chi connectivity index (χ3n) is 2.36. The number of carbonyl (C=O) groups is 1. The van der Waals surface area contributed by atoms with Gasteiger partial charge in [-0.25, -0.2) is 0 Å². The number of halogens is 1. The Balaban J connectivity index is 2.16. The molecule has 1 heterocycles. The van der Waals surface area contributed by atoms with Gasteiger partial charge in [0.25, 0.3) is 0 Å². The number of aromatic nitrogens is 1. The van der Waals surface area contributed by atoms with Crippen molar-refractivity contribution >= 4 is 23.5 Å². The molecule has 4 heteroatoms. The van der Waals surface area contributed by atoms with Gasteiger partial charge in [-0.05, 0) is 29.8 Å². The summed E-state index contributed by atoms with van der Waals surface area (Å²) in [7, 11) is 0. The van der Waals surface area contributed by atoms with Crippen LogP contribution in [0.3, 0.4) is 0 Å². The van der Waals surface area contributed by atoms with E-state index >= 15 is 0 Å². The first-order valence-electron chi connectivity index (χ1n) is 5.32. The summed E-state index contributed by atoms with van der Waals surface area (Å²) in [6.45, 7) is 0. The highest BCUT2D eigenvalue weighted by molar-refractivity contribution is 6.30. The Kier molecular flexibility index (Phi) is 3.75. The number of hydrogen-bond acceptors (Lipinski definition) is 2. The largest absolute Gasteiger partial charge is 0.329 e. The third-order valence-corrected chi connectivity index (χ3v) is 2.61. The average molecular weight is 260 g/mol. The number of aromatic amines is 1. The van der Waals surface area contributed by atoms with E-state index in [4.69, 9.17) is 11.6 Å². The summed E-state index contributed by atoms with van der Waals surface area (Å²) in [6, 6.07) is 9.95. The second-order valence-electron chi connectivity index (χ2n) is 3.69. The zero-order chi connectivity index (χ0) is 13.0. The maximum atomic E-state index is 11.8. The van der Waals surface area contributed by atoms with Gasteiger partial charge in [0.1, 0.15) is 0 Å². The van der Waals surface area contributed by atoms with E-state index in [1.807, 2.05) is 12.1 Å². The van der Waals surface area contributed by atoms with E-state index in [1.165, 1.54) is 18.3 Å². The average Bonchev–Trinajstić information content (AvgIpc) is 2.38. The van der Waals surface area contributed by atoms with Gasteiger partial charge < -0.3 is 4.98 Å². The molecule has 0 unspecified atom stereocenters. The molecule has 18 heavy (non-hydrogen) atoms. The van der Waals surface area contributed by atoms with Gasteiger partial charge in [0.2, 0.25) is 5.56 Å². The molecule has 2 aromatic rings. The molecule has 1 aromatic heterocycles. The minimum absolute atomic E-state index is 0.212. The lowest BCUT2D eigenvalue weighted by Crippen LogP contribution is -2.06. The first kappa shape index (κ1) is 12.3. The molecule has 0 aliphatic rings. The molecule has 2 rings (SSSR count). The van der Waals surface area contributed by atoms with Crippen molar-refractivity contribution in [3.05, 3.63) is 75.2 Å². The number of nitrogens with one attached hydrogen (secondary N) is 1. The van der Waals surface area contributed by atoms with E-state index in [-0.39, 0.29) is 11.3 Å². The molecule has 90 valence electrons. The van der Waals surface area contributed by atoms with Crippen molar-refractivity contribution in [3.63, 3.8) is 0 Å². The molecular weight excluding hydrogens is 250 g/mol. The van der Waals surface area contributed by atoms with Crippen LogP contribution in [0.4, 0.5) is 0 Å². The van der Waals surface area contributed by atoms with Crippen molar-refractivity contribution in [1.29, 1.82) is 0 Å². The normalized spacial score (nSPS) is 10.7. The fraction of sp³-hybridized carbons (Fsp3) is 0. The number of pyridine rings is 1. The van der Waals surface area contributed by atoms with E-state index in [9.17, 15) is 9.59 Å². The summed E-state index contributed by atoms with van der Waals surface area (Å²) >= 11 is 5.76. The predicted molar refractivity (Wildman–Crippen MR) is 71.9 cm³/mol. The van der Waals surface area contributed by atoms with E-state index in [1.54, 1.807) is 24.3 Å². The fourth-order valence-electron chi connectivity index (χ4n) is 1.44. The van der Waals surface area contributed by atoms with Crippen LogP contribution in [0.2, 0.25) is 5.02 Å². The molecule has 0 amide bonds. The topological polar surface area (TPSA) is 49.9 Å². The molecule has 0 atom stereocenters. The minimum atomic E-state index is -0.291. The van der Waals surface area contributed by atoms with Crippen molar-refractivity contribution in [2.45, 2.75) is 0 Å². The smallest absolute Gasteiger partial charge is 0.248 e. The Hall–Kier alpha value is -2.13. The highest BCUT2D eigenvalue weighted by Crippen LogP contribution is 2.11. The molecule has 0 fully saturated rings. The Morgan fingerprint density at radius 3 is 2.56 bits per heavy atom. The maximum Gasteiger partial charge on any atom is 0.248 e. The zero-order valence-electron chi connectivity index (χ0n) is 9.39. The summed E-state index contributed by atoms with van der Waals surface area (Å²) in [5.74, 6) is -0.212. The SMILES string of the molecule is O=C(/C=C/c1ccc(Cl)cc1)c1cc[nH]c(=O)c1. The Morgan fingerprint density at radius 1 is 1.17 bits per heavy atom. The molecule has 0 aliphatic carbocycles. The lowest BCUT2D eigenvalue weighted by atomic mass is 10.1. The monoisotopic (exact) mass is 259 g/mol. The van der Waals surface area contributed by atoms with E-state index in [2.05, 4.69) is 4.98 Å². The molecule has 0 radical (unpaired) electrons. The van der Waals surface area contributed by atoms with Crippen LogP contribution in [0.15, 0.2) is 53.5 Å².